The minimum atomic E-state index is 0.153. The zero-order valence-electron chi connectivity index (χ0n) is 10.1. The lowest BCUT2D eigenvalue weighted by Gasteiger charge is -2.15. The van der Waals surface area contributed by atoms with Gasteiger partial charge in [-0.15, -0.1) is 0 Å². The van der Waals surface area contributed by atoms with Crippen molar-refractivity contribution >= 4 is 11.0 Å². The predicted molar refractivity (Wildman–Crippen MR) is 65.6 cm³/mol. The molecular formula is C13H18N2O. The van der Waals surface area contributed by atoms with Crippen LogP contribution in [0.25, 0.3) is 11.0 Å². The number of aromatic nitrogens is 2. The molecule has 86 valence electrons. The van der Waals surface area contributed by atoms with Crippen molar-refractivity contribution in [2.75, 3.05) is 6.61 Å². The van der Waals surface area contributed by atoms with E-state index in [0.717, 1.165) is 23.0 Å². The van der Waals surface area contributed by atoms with Gasteiger partial charge >= 0.3 is 0 Å². The highest BCUT2D eigenvalue weighted by Gasteiger charge is 2.13. The van der Waals surface area contributed by atoms with Gasteiger partial charge in [0.15, 0.2) is 0 Å². The molecule has 2 aromatic rings. The molecule has 0 aliphatic rings. The quantitative estimate of drug-likeness (QED) is 0.860. The predicted octanol–water partition coefficient (Wildman–Crippen LogP) is 2.60. The summed E-state index contributed by atoms with van der Waals surface area (Å²) in [6.45, 7) is 6.36. The fraction of sp³-hybridized carbons (Fsp3) is 0.462. The van der Waals surface area contributed by atoms with Crippen LogP contribution in [0, 0.1) is 13.8 Å². The number of aliphatic hydroxyl groups is 1. The molecule has 0 spiro atoms. The fourth-order valence-electron chi connectivity index (χ4n) is 2.11. The molecule has 0 aromatic carbocycles. The summed E-state index contributed by atoms with van der Waals surface area (Å²) < 4.78 is 2.14. The Balaban J connectivity index is 2.65. The Morgan fingerprint density at radius 2 is 2.19 bits per heavy atom. The molecule has 0 aliphatic carbocycles. The maximum Gasteiger partial charge on any atom is 0.0910 e. The Kier molecular flexibility index (Phi) is 2.97. The SMILES string of the molecule is CC[C@H](CO)n1cc(C)c2ncc(C)cc21. The molecule has 0 bridgehead atoms. The van der Waals surface area contributed by atoms with Crippen molar-refractivity contribution in [2.45, 2.75) is 33.2 Å². The molecule has 0 radical (unpaired) electrons. The molecule has 0 fully saturated rings. The zero-order valence-corrected chi connectivity index (χ0v) is 10.1. The lowest BCUT2D eigenvalue weighted by atomic mass is 10.2. The second kappa shape index (κ2) is 4.26. The summed E-state index contributed by atoms with van der Waals surface area (Å²) in [7, 11) is 0. The number of aliphatic hydroxyl groups excluding tert-OH is 1. The Morgan fingerprint density at radius 1 is 1.44 bits per heavy atom. The van der Waals surface area contributed by atoms with Gasteiger partial charge in [-0.25, -0.2) is 0 Å². The van der Waals surface area contributed by atoms with Crippen molar-refractivity contribution in [1.29, 1.82) is 0 Å². The Hall–Kier alpha value is -1.35. The van der Waals surface area contributed by atoms with Crippen LogP contribution in [-0.4, -0.2) is 21.3 Å². The first-order chi connectivity index (χ1) is 7.67. The molecule has 1 N–H and O–H groups in total. The molecule has 0 saturated heterocycles. The maximum absolute atomic E-state index is 9.38. The summed E-state index contributed by atoms with van der Waals surface area (Å²) >= 11 is 0. The number of rotatable bonds is 3. The van der Waals surface area contributed by atoms with Gasteiger partial charge < -0.3 is 9.67 Å². The van der Waals surface area contributed by atoms with E-state index in [1.807, 2.05) is 13.1 Å². The van der Waals surface area contributed by atoms with Crippen LogP contribution < -0.4 is 0 Å². The molecule has 0 unspecified atom stereocenters. The molecule has 0 saturated carbocycles. The van der Waals surface area contributed by atoms with E-state index in [1.54, 1.807) is 0 Å². The number of aryl methyl sites for hydroxylation is 2. The Labute approximate surface area is 95.7 Å². The van der Waals surface area contributed by atoms with E-state index in [2.05, 4.69) is 35.7 Å². The van der Waals surface area contributed by atoms with Crippen molar-refractivity contribution < 1.29 is 5.11 Å². The number of fused-ring (bicyclic) bond motifs is 1. The smallest absolute Gasteiger partial charge is 0.0910 e. The summed E-state index contributed by atoms with van der Waals surface area (Å²) in [5.41, 5.74) is 4.48. The average molecular weight is 218 g/mol. The minimum absolute atomic E-state index is 0.153. The van der Waals surface area contributed by atoms with Gasteiger partial charge in [0.1, 0.15) is 0 Å². The van der Waals surface area contributed by atoms with Crippen molar-refractivity contribution in [2.24, 2.45) is 0 Å². The van der Waals surface area contributed by atoms with Crippen LogP contribution in [0.5, 0.6) is 0 Å². The summed E-state index contributed by atoms with van der Waals surface area (Å²) in [5.74, 6) is 0. The van der Waals surface area contributed by atoms with Crippen LogP contribution in [0.2, 0.25) is 0 Å². The highest BCUT2D eigenvalue weighted by Crippen LogP contribution is 2.24. The highest BCUT2D eigenvalue weighted by molar-refractivity contribution is 5.80. The minimum Gasteiger partial charge on any atom is -0.394 e. The molecule has 2 aromatic heterocycles. The molecule has 1 atom stereocenters. The van der Waals surface area contributed by atoms with Crippen molar-refractivity contribution in [3.8, 4) is 0 Å². The molecule has 3 nitrogen and oxygen atoms in total. The molecule has 0 aliphatic heterocycles. The summed E-state index contributed by atoms with van der Waals surface area (Å²) in [5, 5.41) is 9.38. The van der Waals surface area contributed by atoms with Gasteiger partial charge in [0.05, 0.1) is 23.7 Å². The van der Waals surface area contributed by atoms with E-state index in [9.17, 15) is 5.11 Å². The highest BCUT2D eigenvalue weighted by atomic mass is 16.3. The lowest BCUT2D eigenvalue weighted by Crippen LogP contribution is -2.11. The summed E-state index contributed by atoms with van der Waals surface area (Å²) in [6, 6.07) is 2.29. The van der Waals surface area contributed by atoms with Crippen LogP contribution in [0.15, 0.2) is 18.5 Å². The largest absolute Gasteiger partial charge is 0.394 e. The molecule has 3 heteroatoms. The van der Waals surface area contributed by atoms with Crippen LogP contribution in [0.3, 0.4) is 0 Å². The number of pyridine rings is 1. The van der Waals surface area contributed by atoms with Gasteiger partial charge in [-0.1, -0.05) is 6.92 Å². The lowest BCUT2D eigenvalue weighted by molar-refractivity contribution is 0.227. The topological polar surface area (TPSA) is 38.0 Å². The third kappa shape index (κ3) is 1.71. The van der Waals surface area contributed by atoms with Crippen LogP contribution in [-0.2, 0) is 0 Å². The van der Waals surface area contributed by atoms with Gasteiger partial charge in [-0.3, -0.25) is 4.98 Å². The van der Waals surface area contributed by atoms with E-state index in [4.69, 9.17) is 0 Å². The summed E-state index contributed by atoms with van der Waals surface area (Å²) in [4.78, 5) is 4.45. The average Bonchev–Trinajstić information content (AvgIpc) is 2.58. The third-order valence-electron chi connectivity index (χ3n) is 3.06. The van der Waals surface area contributed by atoms with E-state index in [0.29, 0.717) is 0 Å². The second-order valence-electron chi connectivity index (χ2n) is 4.34. The maximum atomic E-state index is 9.38. The molecule has 2 rings (SSSR count). The van der Waals surface area contributed by atoms with E-state index < -0.39 is 0 Å². The first kappa shape index (κ1) is 11.1. The first-order valence-corrected chi connectivity index (χ1v) is 5.72. The van der Waals surface area contributed by atoms with Gasteiger partial charge in [0.25, 0.3) is 0 Å². The van der Waals surface area contributed by atoms with Crippen LogP contribution in [0.1, 0.15) is 30.5 Å². The number of nitrogens with zero attached hydrogens (tertiary/aromatic N) is 2. The normalized spacial score (nSPS) is 13.2. The first-order valence-electron chi connectivity index (χ1n) is 5.72. The van der Waals surface area contributed by atoms with Crippen molar-refractivity contribution in [3.63, 3.8) is 0 Å². The van der Waals surface area contributed by atoms with Gasteiger partial charge in [0, 0.05) is 12.4 Å². The standard InChI is InChI=1S/C13H18N2O/c1-4-11(8-16)15-7-10(3)13-12(15)5-9(2)6-14-13/h5-7,11,16H,4,8H2,1-3H3/t11-/m1/s1. The van der Waals surface area contributed by atoms with E-state index in [1.165, 1.54) is 5.56 Å². The zero-order chi connectivity index (χ0) is 11.7. The van der Waals surface area contributed by atoms with E-state index in [-0.39, 0.29) is 12.6 Å². The molecule has 0 amide bonds. The third-order valence-corrected chi connectivity index (χ3v) is 3.06. The van der Waals surface area contributed by atoms with Gasteiger partial charge in [-0.05, 0) is 37.5 Å². The van der Waals surface area contributed by atoms with Crippen molar-refractivity contribution in [3.05, 3.63) is 29.6 Å². The second-order valence-corrected chi connectivity index (χ2v) is 4.34. The van der Waals surface area contributed by atoms with Gasteiger partial charge in [0.2, 0.25) is 0 Å². The van der Waals surface area contributed by atoms with E-state index >= 15 is 0 Å². The Morgan fingerprint density at radius 3 is 2.81 bits per heavy atom. The molecular weight excluding hydrogens is 200 g/mol. The van der Waals surface area contributed by atoms with Crippen molar-refractivity contribution in [1.82, 2.24) is 9.55 Å². The van der Waals surface area contributed by atoms with Crippen LogP contribution >= 0.6 is 0 Å². The monoisotopic (exact) mass is 218 g/mol. The number of hydrogen-bond acceptors (Lipinski definition) is 2. The molecule has 2 heterocycles. The fourth-order valence-corrected chi connectivity index (χ4v) is 2.11. The summed E-state index contributed by atoms with van der Waals surface area (Å²) in [6.07, 6.45) is 4.90. The van der Waals surface area contributed by atoms with Gasteiger partial charge in [-0.2, -0.15) is 0 Å². The Bertz CT molecular complexity index is 498. The number of hydrogen-bond donors (Lipinski definition) is 1. The van der Waals surface area contributed by atoms with Crippen LogP contribution in [0.4, 0.5) is 0 Å². The molecule has 16 heavy (non-hydrogen) atoms.